The lowest BCUT2D eigenvalue weighted by atomic mass is 10.4. The van der Waals surface area contributed by atoms with Gasteiger partial charge < -0.3 is 4.55 Å². The van der Waals surface area contributed by atoms with Crippen molar-refractivity contribution in [1.29, 1.82) is 0 Å². The molecule has 0 heterocycles. The highest BCUT2D eigenvalue weighted by molar-refractivity contribution is 7.80. The van der Waals surface area contributed by atoms with E-state index in [4.69, 9.17) is 0 Å². The fourth-order valence-corrected chi connectivity index (χ4v) is 0.439. The molecule has 0 aliphatic heterocycles. The second kappa shape index (κ2) is 2.46. The van der Waals surface area contributed by atoms with Gasteiger partial charge in [0.15, 0.2) is 0 Å². The van der Waals surface area contributed by atoms with Gasteiger partial charge >= 0.3 is 11.2 Å². The fourth-order valence-electron chi connectivity index (χ4n) is 0.146. The maximum absolute atomic E-state index is 11.7. The molecular weight excluding hydrogens is 176 g/mol. The summed E-state index contributed by atoms with van der Waals surface area (Å²) in [6, 6.07) is 0. The third-order valence-corrected chi connectivity index (χ3v) is 1.50. The molecule has 0 aliphatic carbocycles. The van der Waals surface area contributed by atoms with Crippen LogP contribution in [0.2, 0.25) is 0 Å². The van der Waals surface area contributed by atoms with Gasteiger partial charge in [0.25, 0.3) is 0 Å². The first kappa shape index (κ1) is 9.83. The van der Waals surface area contributed by atoms with Crippen LogP contribution in [0.1, 0.15) is 6.92 Å². The molecule has 0 aromatic carbocycles. The third-order valence-electron chi connectivity index (χ3n) is 0.720. The second-order valence-electron chi connectivity index (χ2n) is 1.64. The minimum absolute atomic E-state index is 0.164. The van der Waals surface area contributed by atoms with E-state index in [1.54, 1.807) is 0 Å². The molecule has 0 amide bonds. The summed E-state index contributed by atoms with van der Waals surface area (Å²) < 4.78 is 65.5. The summed E-state index contributed by atoms with van der Waals surface area (Å²) in [5, 5.41) is -4.98. The minimum atomic E-state index is -4.98. The van der Waals surface area contributed by atoms with E-state index in [9.17, 15) is 26.3 Å². The predicted molar refractivity (Wildman–Crippen MR) is 24.5 cm³/mol. The lowest BCUT2D eigenvalue weighted by molar-refractivity contribution is -0.144. The molecule has 0 rings (SSSR count). The summed E-state index contributed by atoms with van der Waals surface area (Å²) in [5.41, 5.74) is 0. The van der Waals surface area contributed by atoms with Gasteiger partial charge in [-0.25, -0.2) is 0 Å². The molecule has 0 fully saturated rings. The molecule has 0 radical (unpaired) electrons. The Kier molecular flexibility index (Phi) is 2.42. The van der Waals surface area contributed by atoms with Crippen molar-refractivity contribution in [1.82, 2.24) is 0 Å². The average molecular weight is 179 g/mol. The molecule has 10 heavy (non-hydrogen) atoms. The summed E-state index contributed by atoms with van der Waals surface area (Å²) in [6.07, 6.45) is 0. The molecule has 0 saturated heterocycles. The van der Waals surface area contributed by atoms with Gasteiger partial charge in [0.05, 0.1) is 0 Å². The molecule has 0 aromatic heterocycles. The first-order chi connectivity index (χ1) is 4.19. The van der Waals surface area contributed by atoms with Crippen molar-refractivity contribution in [3.8, 4) is 0 Å². The Bertz CT molecular complexity index is 151. The van der Waals surface area contributed by atoms with E-state index in [2.05, 4.69) is 0 Å². The summed E-state index contributed by atoms with van der Waals surface area (Å²) in [7, 11) is 0. The smallest absolute Gasteiger partial charge is 0.370 e. The van der Waals surface area contributed by atoms with Gasteiger partial charge in [-0.2, -0.15) is 17.6 Å². The van der Waals surface area contributed by atoms with Crippen LogP contribution in [0, 0.1) is 0 Å². The topological polar surface area (TPSA) is 40.1 Å². The lowest BCUT2D eigenvalue weighted by Crippen LogP contribution is -2.41. The molecule has 0 N–H and O–H groups in total. The first-order valence-corrected chi connectivity index (χ1v) is 3.12. The monoisotopic (exact) mass is 179 g/mol. The van der Waals surface area contributed by atoms with Gasteiger partial charge in [-0.3, -0.25) is 4.21 Å². The van der Waals surface area contributed by atoms with Gasteiger partial charge in [0.2, 0.25) is 0 Å². The second-order valence-corrected chi connectivity index (χ2v) is 2.62. The van der Waals surface area contributed by atoms with E-state index in [-0.39, 0.29) is 6.92 Å². The van der Waals surface area contributed by atoms with Crippen LogP contribution < -0.4 is 0 Å². The fraction of sp³-hybridized carbons (Fsp3) is 1.00. The number of alkyl halides is 4. The van der Waals surface area contributed by atoms with Crippen LogP contribution >= 0.6 is 0 Å². The highest BCUT2D eigenvalue weighted by atomic mass is 32.2. The van der Waals surface area contributed by atoms with Crippen LogP contribution in [0.15, 0.2) is 0 Å². The largest absolute Gasteiger partial charge is 0.768 e. The normalized spacial score (nSPS) is 17.0. The van der Waals surface area contributed by atoms with Crippen LogP contribution in [-0.4, -0.2) is 19.9 Å². The molecular formula is C3H3F4O2S-. The van der Waals surface area contributed by atoms with Crippen LogP contribution in [0.5, 0.6) is 0 Å². The number of halogens is 4. The highest BCUT2D eigenvalue weighted by Gasteiger charge is 2.53. The summed E-state index contributed by atoms with van der Waals surface area (Å²) in [6.45, 7) is -0.164. The van der Waals surface area contributed by atoms with Crippen molar-refractivity contribution >= 4 is 11.1 Å². The maximum Gasteiger partial charge on any atom is 0.370 e. The first-order valence-electron chi connectivity index (χ1n) is 2.04. The summed E-state index contributed by atoms with van der Waals surface area (Å²) in [4.78, 5) is 0. The molecule has 0 aliphatic rings. The predicted octanol–water partition coefficient (Wildman–Crippen LogP) is 1.11. The van der Waals surface area contributed by atoms with Crippen molar-refractivity contribution in [3.05, 3.63) is 0 Å². The average Bonchev–Trinajstić information content (AvgIpc) is 1.62. The van der Waals surface area contributed by atoms with Crippen molar-refractivity contribution in [2.75, 3.05) is 0 Å². The number of hydrogen-bond acceptors (Lipinski definition) is 2. The zero-order chi connectivity index (χ0) is 8.58. The SMILES string of the molecule is CC(F)(F)C(F)(F)S(=O)[O-]. The Morgan fingerprint density at radius 3 is 1.60 bits per heavy atom. The van der Waals surface area contributed by atoms with Gasteiger partial charge in [-0.05, 0) is 0 Å². The van der Waals surface area contributed by atoms with Gasteiger partial charge in [0, 0.05) is 18.0 Å². The molecule has 0 spiro atoms. The van der Waals surface area contributed by atoms with Crippen LogP contribution in [0.25, 0.3) is 0 Å². The van der Waals surface area contributed by atoms with Crippen LogP contribution in [0.4, 0.5) is 17.6 Å². The van der Waals surface area contributed by atoms with Gasteiger partial charge in [-0.1, -0.05) is 0 Å². The highest BCUT2D eigenvalue weighted by Crippen LogP contribution is 2.35. The Morgan fingerprint density at radius 2 is 1.60 bits per heavy atom. The third kappa shape index (κ3) is 1.66. The number of rotatable bonds is 2. The summed E-state index contributed by atoms with van der Waals surface area (Å²) in [5.74, 6) is -4.53. The Morgan fingerprint density at radius 1 is 1.30 bits per heavy atom. The molecule has 0 bridgehead atoms. The van der Waals surface area contributed by atoms with Crippen molar-refractivity contribution in [3.63, 3.8) is 0 Å². The molecule has 0 aromatic rings. The van der Waals surface area contributed by atoms with E-state index in [0.29, 0.717) is 0 Å². The van der Waals surface area contributed by atoms with E-state index in [1.165, 1.54) is 0 Å². The molecule has 7 heteroatoms. The zero-order valence-electron chi connectivity index (χ0n) is 4.74. The van der Waals surface area contributed by atoms with E-state index in [1.807, 2.05) is 0 Å². The van der Waals surface area contributed by atoms with Crippen LogP contribution in [-0.2, 0) is 11.1 Å². The van der Waals surface area contributed by atoms with Crippen molar-refractivity contribution < 1.29 is 26.3 Å². The van der Waals surface area contributed by atoms with Gasteiger partial charge in [-0.15, -0.1) is 0 Å². The van der Waals surface area contributed by atoms with E-state index in [0.717, 1.165) is 0 Å². The molecule has 1 unspecified atom stereocenters. The van der Waals surface area contributed by atoms with Gasteiger partial charge in [0.1, 0.15) is 0 Å². The van der Waals surface area contributed by atoms with Crippen molar-refractivity contribution in [2.45, 2.75) is 18.1 Å². The molecule has 0 saturated carbocycles. The minimum Gasteiger partial charge on any atom is -0.768 e. The Labute approximate surface area is 56.5 Å². The maximum atomic E-state index is 11.7. The standard InChI is InChI=1S/C3H4F4O2S/c1-2(4,5)3(6,7)10(8)9/h1H3,(H,8,9)/p-1. The Balaban J connectivity index is 4.57. The molecule has 62 valence electrons. The molecule has 1 atom stereocenters. The zero-order valence-corrected chi connectivity index (χ0v) is 5.55. The Hall–Kier alpha value is -0.170. The van der Waals surface area contributed by atoms with E-state index >= 15 is 0 Å². The quantitative estimate of drug-likeness (QED) is 0.470. The van der Waals surface area contributed by atoms with Crippen molar-refractivity contribution in [2.24, 2.45) is 0 Å². The lowest BCUT2D eigenvalue weighted by Gasteiger charge is -2.24. The van der Waals surface area contributed by atoms with Crippen LogP contribution in [0.3, 0.4) is 0 Å². The number of hydrogen-bond donors (Lipinski definition) is 0. The molecule has 2 nitrogen and oxygen atoms in total. The summed E-state index contributed by atoms with van der Waals surface area (Å²) >= 11 is -4.08. The van der Waals surface area contributed by atoms with E-state index < -0.39 is 22.3 Å².